The van der Waals surface area contributed by atoms with Crippen molar-refractivity contribution in [3.8, 4) is 45.3 Å². The zero-order valence-corrected chi connectivity index (χ0v) is 47.3. The highest BCUT2D eigenvalue weighted by atomic mass is 32.3. The van der Waals surface area contributed by atoms with Crippen molar-refractivity contribution in [1.82, 2.24) is 9.97 Å². The van der Waals surface area contributed by atoms with Crippen molar-refractivity contribution in [2.75, 3.05) is 0 Å². The maximum Gasteiger partial charge on any atom is 0.394 e. The number of aromatic carboxylic acids is 2. The SMILES string of the molecule is CCCC(CCC)c1ccc(OCc2ccc(-c3csc(COc4cncc(C(=O)O)c4)c3)cc2)cc1.CCCC(CCC)c1ccc(OCc2ccc(-c3csc(COc4cncc(C(=O)O)c4)c3)cc2)cc1.O=S(=O)(O)O. The van der Waals surface area contributed by atoms with Crippen LogP contribution in [0, 0.1) is 0 Å². The van der Waals surface area contributed by atoms with E-state index in [1.807, 2.05) is 0 Å². The van der Waals surface area contributed by atoms with Crippen LogP contribution in [0.1, 0.15) is 144 Å². The third-order valence-electron chi connectivity index (χ3n) is 12.6. The molecular formula is C62H68N2O12S3. The first-order valence-corrected chi connectivity index (χ1v) is 29.4. The van der Waals surface area contributed by atoms with E-state index >= 15 is 0 Å². The standard InChI is InChI=1S/2C31H33NO4S.H2O4S/c2*1-3-5-23(6-4-2)24-11-13-28(14-12-24)35-19-22-7-9-25(10-8-22)27-16-30(37-21-27)20-36-29-15-26(31(33)34)17-32-18-29;1-5(2,3)4/h2*7-18,21,23H,3-6,19-20H2,1-2H3,(H,33,34);(H2,1,2,3,4). The summed E-state index contributed by atoms with van der Waals surface area (Å²) in [4.78, 5) is 32.1. The van der Waals surface area contributed by atoms with E-state index in [0.29, 0.717) is 49.8 Å². The number of hydrogen-bond acceptors (Lipinski definition) is 12. The summed E-state index contributed by atoms with van der Waals surface area (Å²) >= 11 is 3.22. The van der Waals surface area contributed by atoms with Crippen molar-refractivity contribution in [1.29, 1.82) is 0 Å². The summed E-state index contributed by atoms with van der Waals surface area (Å²) in [5.74, 6) is 1.91. The van der Waals surface area contributed by atoms with Gasteiger partial charge in [-0.15, -0.1) is 22.7 Å². The summed E-state index contributed by atoms with van der Waals surface area (Å²) in [6.45, 7) is 10.8. The van der Waals surface area contributed by atoms with E-state index in [9.17, 15) is 9.59 Å². The van der Waals surface area contributed by atoms with Gasteiger partial charge in [-0.1, -0.05) is 126 Å². The largest absolute Gasteiger partial charge is 0.489 e. The Morgan fingerprint density at radius 2 is 0.785 bits per heavy atom. The third-order valence-corrected chi connectivity index (χ3v) is 14.4. The maximum atomic E-state index is 11.1. The number of thiophene rings is 2. The number of benzene rings is 4. The van der Waals surface area contributed by atoms with E-state index < -0.39 is 22.3 Å². The number of ether oxygens (including phenoxy) is 4. The second kappa shape index (κ2) is 31.3. The van der Waals surface area contributed by atoms with Gasteiger partial charge in [-0.2, -0.15) is 8.42 Å². The van der Waals surface area contributed by atoms with E-state index in [1.54, 1.807) is 22.7 Å². The van der Waals surface area contributed by atoms with Gasteiger partial charge in [0.2, 0.25) is 0 Å². The van der Waals surface area contributed by atoms with Crippen LogP contribution >= 0.6 is 22.7 Å². The Morgan fingerprint density at radius 1 is 0.456 bits per heavy atom. The van der Waals surface area contributed by atoms with Crippen molar-refractivity contribution >= 4 is 45.0 Å². The molecule has 79 heavy (non-hydrogen) atoms. The zero-order valence-electron chi connectivity index (χ0n) is 44.8. The van der Waals surface area contributed by atoms with Crippen LogP contribution in [0.5, 0.6) is 23.0 Å². The molecule has 0 unspecified atom stereocenters. The average molecular weight is 1130 g/mol. The molecule has 0 saturated heterocycles. The summed E-state index contributed by atoms with van der Waals surface area (Å²) in [6, 6.07) is 41.2. The summed E-state index contributed by atoms with van der Waals surface area (Å²) in [5, 5.41) is 22.4. The zero-order chi connectivity index (χ0) is 56.6. The molecule has 0 aliphatic heterocycles. The van der Waals surface area contributed by atoms with E-state index in [1.165, 1.54) is 99.4 Å². The maximum absolute atomic E-state index is 11.1. The second-order valence-corrected chi connectivity index (χ2v) is 21.6. The molecule has 0 saturated carbocycles. The predicted molar refractivity (Wildman–Crippen MR) is 311 cm³/mol. The normalized spacial score (nSPS) is 11.0. The summed E-state index contributed by atoms with van der Waals surface area (Å²) in [5.41, 5.74) is 9.77. The van der Waals surface area contributed by atoms with Gasteiger partial charge in [0.05, 0.1) is 23.5 Å². The van der Waals surface area contributed by atoms with Crippen molar-refractivity contribution < 1.29 is 56.3 Å². The first kappa shape index (κ1) is 60.8. The topological polar surface area (TPSA) is 212 Å². The molecule has 4 aromatic heterocycles. The van der Waals surface area contributed by atoms with E-state index in [-0.39, 0.29) is 11.1 Å². The lowest BCUT2D eigenvalue weighted by Gasteiger charge is -2.16. The fraction of sp³-hybridized carbons (Fsp3) is 0.290. The van der Waals surface area contributed by atoms with Gasteiger partial charge in [-0.25, -0.2) is 9.59 Å². The van der Waals surface area contributed by atoms with Crippen LogP contribution in [0.2, 0.25) is 0 Å². The summed E-state index contributed by atoms with van der Waals surface area (Å²) in [6.07, 6.45) is 15.4. The highest BCUT2D eigenvalue weighted by molar-refractivity contribution is 7.79. The van der Waals surface area contributed by atoms with Gasteiger partial charge in [0.25, 0.3) is 0 Å². The van der Waals surface area contributed by atoms with Gasteiger partial charge in [0.15, 0.2) is 0 Å². The molecular weight excluding hydrogens is 1060 g/mol. The van der Waals surface area contributed by atoms with Gasteiger partial charge in [0.1, 0.15) is 49.4 Å². The minimum atomic E-state index is -4.67. The number of carboxylic acids is 2. The number of nitrogens with zero attached hydrogens (tertiary/aromatic N) is 2. The Morgan fingerprint density at radius 3 is 1.10 bits per heavy atom. The monoisotopic (exact) mass is 1130 g/mol. The summed E-state index contributed by atoms with van der Waals surface area (Å²) < 4.78 is 55.1. The number of carboxylic acid groups (broad SMARTS) is 2. The average Bonchev–Trinajstić information content (AvgIpc) is 4.17. The predicted octanol–water partition coefficient (Wildman–Crippen LogP) is 16.0. The molecule has 14 nitrogen and oxygen atoms in total. The first-order valence-electron chi connectivity index (χ1n) is 26.2. The van der Waals surface area contributed by atoms with Crippen LogP contribution in [0.3, 0.4) is 0 Å². The fourth-order valence-corrected chi connectivity index (χ4v) is 10.3. The first-order chi connectivity index (χ1) is 38.1. The molecule has 0 atom stereocenters. The molecule has 4 aromatic carbocycles. The van der Waals surface area contributed by atoms with Crippen LogP contribution in [0.25, 0.3) is 22.3 Å². The Hall–Kier alpha value is -7.41. The van der Waals surface area contributed by atoms with E-state index in [4.69, 9.17) is 46.7 Å². The second-order valence-electron chi connectivity index (χ2n) is 18.7. The molecule has 8 rings (SSSR count). The van der Waals surface area contributed by atoms with Crippen LogP contribution in [-0.2, 0) is 36.8 Å². The number of aromatic nitrogens is 2. The van der Waals surface area contributed by atoms with Crippen LogP contribution in [0.4, 0.5) is 0 Å². The minimum absolute atomic E-state index is 0.109. The van der Waals surface area contributed by atoms with Crippen molar-refractivity contribution in [2.24, 2.45) is 0 Å². The molecule has 0 spiro atoms. The van der Waals surface area contributed by atoms with Gasteiger partial charge >= 0.3 is 22.3 Å². The lowest BCUT2D eigenvalue weighted by atomic mass is 9.90. The van der Waals surface area contributed by atoms with Crippen molar-refractivity contribution in [2.45, 2.75) is 117 Å². The quantitative estimate of drug-likeness (QED) is 0.0372. The lowest BCUT2D eigenvalue weighted by Crippen LogP contribution is -1.99. The summed E-state index contributed by atoms with van der Waals surface area (Å²) in [7, 11) is -4.67. The molecule has 416 valence electrons. The van der Waals surface area contributed by atoms with E-state index in [2.05, 4.69) is 158 Å². The molecule has 0 aliphatic carbocycles. The van der Waals surface area contributed by atoms with Gasteiger partial charge in [-0.3, -0.25) is 19.1 Å². The molecule has 17 heteroatoms. The molecule has 0 bridgehead atoms. The molecule has 0 fully saturated rings. The lowest BCUT2D eigenvalue weighted by molar-refractivity contribution is 0.0685. The molecule has 4 heterocycles. The smallest absolute Gasteiger partial charge is 0.394 e. The highest BCUT2D eigenvalue weighted by Crippen LogP contribution is 2.32. The van der Waals surface area contributed by atoms with E-state index in [0.717, 1.165) is 54.6 Å². The molecule has 4 N–H and O–H groups in total. The highest BCUT2D eigenvalue weighted by Gasteiger charge is 2.13. The Kier molecular flexibility index (Phi) is 24.1. The van der Waals surface area contributed by atoms with Crippen LogP contribution in [-0.4, -0.2) is 49.6 Å². The van der Waals surface area contributed by atoms with Crippen LogP contribution in [0.15, 0.2) is 157 Å². The Labute approximate surface area is 471 Å². The van der Waals surface area contributed by atoms with Crippen molar-refractivity contribution in [3.63, 3.8) is 0 Å². The number of hydrogen-bond donors (Lipinski definition) is 4. The number of pyridine rings is 2. The molecule has 8 aromatic rings. The number of rotatable bonds is 26. The number of carbonyl (C=O) groups is 2. The molecule has 0 aliphatic rings. The molecule has 0 amide bonds. The minimum Gasteiger partial charge on any atom is -0.489 e. The van der Waals surface area contributed by atoms with Gasteiger partial charge in [0, 0.05) is 22.1 Å². The fourth-order valence-electron chi connectivity index (χ4n) is 8.70. The van der Waals surface area contributed by atoms with Gasteiger partial charge < -0.3 is 29.2 Å². The Bertz CT molecular complexity index is 3010. The third kappa shape index (κ3) is 20.7. The van der Waals surface area contributed by atoms with Gasteiger partial charge in [-0.05, 0) is 141 Å². The Balaban J connectivity index is 0.000000235. The van der Waals surface area contributed by atoms with Crippen molar-refractivity contribution in [3.05, 3.63) is 200 Å². The molecule has 0 radical (unpaired) electrons. The van der Waals surface area contributed by atoms with Crippen LogP contribution < -0.4 is 18.9 Å².